The minimum absolute atomic E-state index is 0.0463. The van der Waals surface area contributed by atoms with Gasteiger partial charge in [-0.05, 0) is 44.6 Å². The van der Waals surface area contributed by atoms with Crippen molar-refractivity contribution in [3.8, 4) is 28.8 Å². The van der Waals surface area contributed by atoms with Crippen molar-refractivity contribution < 1.29 is 4.39 Å². The van der Waals surface area contributed by atoms with Gasteiger partial charge >= 0.3 is 0 Å². The summed E-state index contributed by atoms with van der Waals surface area (Å²) in [5.74, 6) is -0.838. The lowest BCUT2D eigenvalue weighted by molar-refractivity contribution is 0.381. The summed E-state index contributed by atoms with van der Waals surface area (Å²) in [6.45, 7) is 4.21. The Balaban J connectivity index is 1.42. The first-order valence-electron chi connectivity index (χ1n) is 10.9. The Morgan fingerprint density at radius 2 is 2.12 bits per heavy atom. The van der Waals surface area contributed by atoms with Gasteiger partial charge in [0.25, 0.3) is 0 Å². The lowest BCUT2D eigenvalue weighted by Gasteiger charge is -2.10. The van der Waals surface area contributed by atoms with Crippen LogP contribution in [0.25, 0.3) is 22.8 Å². The van der Waals surface area contributed by atoms with Gasteiger partial charge in [-0.1, -0.05) is 17.3 Å². The highest BCUT2D eigenvalue weighted by atomic mass is 19.1. The minimum Gasteiger partial charge on any atom is -0.381 e. The van der Waals surface area contributed by atoms with E-state index in [-0.39, 0.29) is 23.0 Å². The molecule has 3 aromatic heterocycles. The molecule has 1 saturated heterocycles. The summed E-state index contributed by atoms with van der Waals surface area (Å²) in [6.07, 6.45) is 4.65. The molecule has 1 aliphatic rings. The number of hydrogen-bond acceptors (Lipinski definition) is 8. The highest BCUT2D eigenvalue weighted by molar-refractivity contribution is 5.69. The number of benzene rings is 1. The van der Waals surface area contributed by atoms with Crippen molar-refractivity contribution in [3.63, 3.8) is 0 Å². The lowest BCUT2D eigenvalue weighted by Crippen LogP contribution is -2.17. The topological polar surface area (TPSA) is 127 Å². The summed E-state index contributed by atoms with van der Waals surface area (Å²) in [7, 11) is 2.10. The van der Waals surface area contributed by atoms with Crippen LogP contribution in [0.4, 0.5) is 10.2 Å². The molecule has 0 amide bonds. The molecule has 0 saturated carbocycles. The van der Waals surface area contributed by atoms with Crippen molar-refractivity contribution in [2.24, 2.45) is 0 Å². The highest BCUT2D eigenvalue weighted by Crippen LogP contribution is 2.28. The van der Waals surface area contributed by atoms with Crippen molar-refractivity contribution in [2.75, 3.05) is 25.9 Å². The molecule has 1 fully saturated rings. The van der Waals surface area contributed by atoms with E-state index in [1.54, 1.807) is 36.0 Å². The zero-order chi connectivity index (χ0) is 23.8. The second-order valence-corrected chi connectivity index (χ2v) is 8.48. The maximum Gasteiger partial charge on any atom is 0.193 e. The normalized spacial score (nSPS) is 16.1. The first-order valence-corrected chi connectivity index (χ1v) is 10.9. The molecule has 4 heterocycles. The number of rotatable bonds is 5. The Kier molecular flexibility index (Phi) is 5.51. The fourth-order valence-electron chi connectivity index (χ4n) is 4.20. The number of nitrogens with zero attached hydrogens (tertiary/aromatic N) is 9. The maximum absolute atomic E-state index is 14.9. The fourth-order valence-corrected chi connectivity index (χ4v) is 4.20. The summed E-state index contributed by atoms with van der Waals surface area (Å²) < 4.78 is 18.5. The van der Waals surface area contributed by atoms with Gasteiger partial charge in [0.05, 0.1) is 36.1 Å². The maximum atomic E-state index is 14.9. The molecule has 11 heteroatoms. The van der Waals surface area contributed by atoms with Crippen LogP contribution in [0.3, 0.4) is 0 Å². The zero-order valence-electron chi connectivity index (χ0n) is 18.9. The van der Waals surface area contributed by atoms with Crippen molar-refractivity contribution in [2.45, 2.75) is 25.9 Å². The predicted molar refractivity (Wildman–Crippen MR) is 123 cm³/mol. The average Bonchev–Trinajstić information content (AvgIpc) is 3.57. The van der Waals surface area contributed by atoms with Crippen molar-refractivity contribution in [3.05, 3.63) is 59.3 Å². The van der Waals surface area contributed by atoms with Gasteiger partial charge in [-0.25, -0.2) is 19.0 Å². The lowest BCUT2D eigenvalue weighted by atomic mass is 10.0. The van der Waals surface area contributed by atoms with Gasteiger partial charge in [0.2, 0.25) is 0 Å². The number of likely N-dealkylation sites (N-methyl/N-ethyl adjacent to an activating group) is 1. The number of nitrogens with two attached hydrogens (primary N) is 1. The van der Waals surface area contributed by atoms with Crippen LogP contribution in [-0.4, -0.2) is 59.8 Å². The number of likely N-dealkylation sites (tertiary alicyclic amines) is 1. The molecule has 172 valence electrons. The SMILES string of the molecule is Cc1c(C#N)cccc1-c1nc(N)c(F)c(-c2cn(Cc3ccn(C4CCN(C)C4)n3)nn2)n1. The van der Waals surface area contributed by atoms with E-state index in [4.69, 9.17) is 5.73 Å². The molecular weight excluding hydrogens is 435 g/mol. The summed E-state index contributed by atoms with van der Waals surface area (Å²) in [6, 6.07) is 9.63. The smallest absolute Gasteiger partial charge is 0.193 e. The summed E-state index contributed by atoms with van der Waals surface area (Å²) in [4.78, 5) is 10.8. The molecule has 4 aromatic rings. The molecule has 1 unspecified atom stereocenters. The number of anilines is 1. The Bertz CT molecular complexity index is 1400. The van der Waals surface area contributed by atoms with Gasteiger partial charge in [0.1, 0.15) is 11.4 Å². The third-order valence-corrected chi connectivity index (χ3v) is 6.08. The van der Waals surface area contributed by atoms with E-state index in [1.165, 1.54) is 0 Å². The highest BCUT2D eigenvalue weighted by Gasteiger charge is 2.22. The van der Waals surface area contributed by atoms with E-state index in [0.29, 0.717) is 29.3 Å². The van der Waals surface area contributed by atoms with Gasteiger partial charge in [-0.3, -0.25) is 4.68 Å². The minimum atomic E-state index is -0.764. The average molecular weight is 459 g/mol. The second-order valence-electron chi connectivity index (χ2n) is 8.48. The largest absolute Gasteiger partial charge is 0.381 e. The number of aromatic nitrogens is 7. The van der Waals surface area contributed by atoms with Gasteiger partial charge in [0, 0.05) is 18.3 Å². The number of nitrogen functional groups attached to an aromatic ring is 1. The van der Waals surface area contributed by atoms with E-state index in [1.807, 2.05) is 16.9 Å². The summed E-state index contributed by atoms with van der Waals surface area (Å²) >= 11 is 0. The Hall–Kier alpha value is -4.17. The van der Waals surface area contributed by atoms with E-state index >= 15 is 0 Å². The van der Waals surface area contributed by atoms with Crippen molar-refractivity contribution in [1.82, 2.24) is 39.6 Å². The van der Waals surface area contributed by atoms with Crippen LogP contribution in [0.1, 0.15) is 29.3 Å². The van der Waals surface area contributed by atoms with Crippen LogP contribution in [0, 0.1) is 24.1 Å². The summed E-state index contributed by atoms with van der Waals surface area (Å²) in [5.41, 5.74) is 8.65. The third-order valence-electron chi connectivity index (χ3n) is 6.08. The van der Waals surface area contributed by atoms with Crippen molar-refractivity contribution >= 4 is 5.82 Å². The van der Waals surface area contributed by atoms with Crippen molar-refractivity contribution in [1.29, 1.82) is 5.26 Å². The molecule has 2 N–H and O–H groups in total. The zero-order valence-corrected chi connectivity index (χ0v) is 18.9. The van der Waals surface area contributed by atoms with Crippen LogP contribution in [-0.2, 0) is 6.54 Å². The monoisotopic (exact) mass is 458 g/mol. The van der Waals surface area contributed by atoms with Crippen LogP contribution in [0.2, 0.25) is 0 Å². The predicted octanol–water partition coefficient (Wildman–Crippen LogP) is 2.42. The Morgan fingerprint density at radius 3 is 2.88 bits per heavy atom. The number of halogens is 1. The fraction of sp³-hybridized carbons (Fsp3) is 0.304. The molecule has 5 rings (SSSR count). The second kappa shape index (κ2) is 8.64. The molecule has 0 aliphatic carbocycles. The molecule has 0 spiro atoms. The van der Waals surface area contributed by atoms with E-state index in [9.17, 15) is 9.65 Å². The first kappa shape index (κ1) is 21.7. The van der Waals surface area contributed by atoms with Crippen LogP contribution in [0.15, 0.2) is 36.7 Å². The molecular formula is C23H23FN10. The molecule has 34 heavy (non-hydrogen) atoms. The molecule has 1 atom stereocenters. The van der Waals surface area contributed by atoms with Crippen LogP contribution in [0.5, 0.6) is 0 Å². The molecule has 10 nitrogen and oxygen atoms in total. The molecule has 1 aliphatic heterocycles. The molecule has 0 bridgehead atoms. The Morgan fingerprint density at radius 1 is 1.26 bits per heavy atom. The van der Waals surface area contributed by atoms with Gasteiger partial charge < -0.3 is 10.6 Å². The molecule has 1 aromatic carbocycles. The number of nitriles is 1. The standard InChI is InChI=1S/C23H23FN10/c1-14-15(10-25)4-3-5-18(14)23-27-21(20(24)22(26)28-23)19-13-33(31-29-19)11-16-6-9-34(30-16)17-7-8-32(2)12-17/h3-6,9,13,17H,7-8,11-12H2,1-2H3,(H2,26,27,28). The van der Waals surface area contributed by atoms with E-state index in [0.717, 1.165) is 25.2 Å². The van der Waals surface area contributed by atoms with Gasteiger partial charge in [-0.2, -0.15) is 10.4 Å². The quantitative estimate of drug-likeness (QED) is 0.483. The van der Waals surface area contributed by atoms with E-state index < -0.39 is 5.82 Å². The van der Waals surface area contributed by atoms with Crippen LogP contribution >= 0.6 is 0 Å². The van der Waals surface area contributed by atoms with Crippen LogP contribution < -0.4 is 5.73 Å². The first-order chi connectivity index (χ1) is 16.4. The van der Waals surface area contributed by atoms with Gasteiger partial charge in [-0.15, -0.1) is 5.10 Å². The third kappa shape index (κ3) is 3.99. The van der Waals surface area contributed by atoms with E-state index in [2.05, 4.69) is 43.4 Å². The summed E-state index contributed by atoms with van der Waals surface area (Å²) in [5, 5.41) is 22.2. The number of hydrogen-bond donors (Lipinski definition) is 1. The Labute approximate surface area is 195 Å². The van der Waals surface area contributed by atoms with Gasteiger partial charge in [0.15, 0.2) is 17.5 Å². The molecule has 0 radical (unpaired) electrons.